The van der Waals surface area contributed by atoms with E-state index in [1.54, 1.807) is 0 Å². The van der Waals surface area contributed by atoms with Crippen LogP contribution in [-0.4, -0.2) is 39.8 Å². The number of hydrogen-bond donors (Lipinski definition) is 3. The molecule has 1 aliphatic rings. The van der Waals surface area contributed by atoms with Crippen LogP contribution in [0.25, 0.3) is 11.5 Å². The topological polar surface area (TPSA) is 114 Å². The first kappa shape index (κ1) is 16.6. The lowest BCUT2D eigenvalue weighted by Crippen LogP contribution is -2.44. The number of carbonyl (C=O) groups is 1. The third kappa shape index (κ3) is 3.98. The van der Waals surface area contributed by atoms with E-state index < -0.39 is 6.10 Å². The number of hydrogen-bond acceptors (Lipinski definition) is 6. The van der Waals surface area contributed by atoms with Gasteiger partial charge in [-0.25, -0.2) is 0 Å². The molecule has 1 aromatic carbocycles. The van der Waals surface area contributed by atoms with E-state index in [1.165, 1.54) is 0 Å². The minimum atomic E-state index is -0.597. The largest absolute Gasteiger partial charge is 0.391 e. The number of aliphatic hydroxyl groups excluding tert-OH is 1. The van der Waals surface area contributed by atoms with Gasteiger partial charge >= 0.3 is 0 Å². The van der Waals surface area contributed by atoms with Crippen LogP contribution in [0, 0.1) is 5.92 Å². The summed E-state index contributed by atoms with van der Waals surface area (Å²) < 4.78 is 5.23. The number of rotatable bonds is 5. The molecule has 7 heteroatoms. The highest BCUT2D eigenvalue weighted by Crippen LogP contribution is 2.23. The maximum atomic E-state index is 12.1. The van der Waals surface area contributed by atoms with Gasteiger partial charge in [-0.15, -0.1) is 0 Å². The van der Waals surface area contributed by atoms with Gasteiger partial charge in [-0.3, -0.25) is 4.79 Å². The third-order valence-corrected chi connectivity index (χ3v) is 4.38. The number of carbonyl (C=O) groups excluding carboxylic acids is 1. The molecule has 0 radical (unpaired) electrons. The van der Waals surface area contributed by atoms with Crippen molar-refractivity contribution < 1.29 is 14.4 Å². The zero-order valence-electron chi connectivity index (χ0n) is 13.4. The Morgan fingerprint density at radius 2 is 2.12 bits per heavy atom. The molecule has 0 spiro atoms. The minimum Gasteiger partial charge on any atom is -0.391 e. The quantitative estimate of drug-likeness (QED) is 0.750. The lowest BCUT2D eigenvalue weighted by atomic mass is 9.84. The van der Waals surface area contributed by atoms with E-state index in [0.717, 1.165) is 5.56 Å². The van der Waals surface area contributed by atoms with E-state index in [-0.39, 0.29) is 17.9 Å². The molecule has 1 heterocycles. The highest BCUT2D eigenvalue weighted by molar-refractivity contribution is 5.78. The number of amides is 1. The SMILES string of the molecule is N[C@@H]1CC[C@H](C(=O)NCCc2noc(-c3ccccc3)n2)C[C@H]1O. The zero-order valence-corrected chi connectivity index (χ0v) is 13.4. The number of nitrogens with zero attached hydrogens (tertiary/aromatic N) is 2. The summed E-state index contributed by atoms with van der Waals surface area (Å²) in [5.41, 5.74) is 6.63. The van der Waals surface area contributed by atoms with Gasteiger partial charge in [0.15, 0.2) is 5.82 Å². The van der Waals surface area contributed by atoms with Crippen molar-refractivity contribution in [2.45, 2.75) is 37.8 Å². The third-order valence-electron chi connectivity index (χ3n) is 4.38. The van der Waals surface area contributed by atoms with Crippen LogP contribution >= 0.6 is 0 Å². The van der Waals surface area contributed by atoms with Crippen LogP contribution in [0.5, 0.6) is 0 Å². The predicted molar refractivity (Wildman–Crippen MR) is 87.8 cm³/mol. The second-order valence-electron chi connectivity index (χ2n) is 6.16. The summed E-state index contributed by atoms with van der Waals surface area (Å²) >= 11 is 0. The standard InChI is InChI=1S/C17H22N4O3/c18-13-7-6-12(10-14(13)22)16(23)19-9-8-15-20-17(24-21-15)11-4-2-1-3-5-11/h1-5,12-14,22H,6-10,18H2,(H,19,23)/t12-,13+,14+/m0/s1. The lowest BCUT2D eigenvalue weighted by molar-refractivity contribution is -0.127. The number of aliphatic hydroxyl groups is 1. The summed E-state index contributed by atoms with van der Waals surface area (Å²) in [7, 11) is 0. The maximum absolute atomic E-state index is 12.1. The molecular formula is C17H22N4O3. The summed E-state index contributed by atoms with van der Waals surface area (Å²) in [6.45, 7) is 0.436. The van der Waals surface area contributed by atoms with Gasteiger partial charge in [0, 0.05) is 30.5 Å². The number of benzene rings is 1. The molecule has 1 saturated carbocycles. The molecule has 3 atom stereocenters. The van der Waals surface area contributed by atoms with Gasteiger partial charge in [0.05, 0.1) is 6.10 Å². The molecule has 0 bridgehead atoms. The second kappa shape index (κ2) is 7.55. The van der Waals surface area contributed by atoms with E-state index in [1.807, 2.05) is 30.3 Å². The average molecular weight is 330 g/mol. The first-order chi connectivity index (χ1) is 11.6. The number of nitrogens with one attached hydrogen (secondary N) is 1. The maximum Gasteiger partial charge on any atom is 0.257 e. The van der Waals surface area contributed by atoms with Crippen molar-refractivity contribution in [3.05, 3.63) is 36.2 Å². The van der Waals surface area contributed by atoms with Crippen LogP contribution in [0.3, 0.4) is 0 Å². The summed E-state index contributed by atoms with van der Waals surface area (Å²) in [5.74, 6) is 0.804. The molecule has 24 heavy (non-hydrogen) atoms. The van der Waals surface area contributed by atoms with Gasteiger partial charge in [-0.1, -0.05) is 23.4 Å². The van der Waals surface area contributed by atoms with Gasteiger partial charge < -0.3 is 20.7 Å². The Morgan fingerprint density at radius 3 is 2.88 bits per heavy atom. The van der Waals surface area contributed by atoms with Crippen LogP contribution in [0.1, 0.15) is 25.1 Å². The molecule has 1 fully saturated rings. The van der Waals surface area contributed by atoms with Crippen LogP contribution in [-0.2, 0) is 11.2 Å². The van der Waals surface area contributed by atoms with Crippen molar-refractivity contribution in [3.63, 3.8) is 0 Å². The fraction of sp³-hybridized carbons (Fsp3) is 0.471. The molecular weight excluding hydrogens is 308 g/mol. The average Bonchev–Trinajstić information content (AvgIpc) is 3.07. The van der Waals surface area contributed by atoms with E-state index in [4.69, 9.17) is 10.3 Å². The number of nitrogens with two attached hydrogens (primary N) is 1. The highest BCUT2D eigenvalue weighted by Gasteiger charge is 2.30. The molecule has 0 aliphatic heterocycles. The van der Waals surface area contributed by atoms with Crippen molar-refractivity contribution in [3.8, 4) is 11.5 Å². The smallest absolute Gasteiger partial charge is 0.257 e. The molecule has 3 rings (SSSR count). The Balaban J connectivity index is 1.47. The van der Waals surface area contributed by atoms with E-state index in [9.17, 15) is 9.90 Å². The first-order valence-electron chi connectivity index (χ1n) is 8.23. The van der Waals surface area contributed by atoms with Gasteiger partial charge in [0.25, 0.3) is 5.89 Å². The summed E-state index contributed by atoms with van der Waals surface area (Å²) in [5, 5.41) is 16.6. The Morgan fingerprint density at radius 1 is 1.33 bits per heavy atom. The monoisotopic (exact) mass is 330 g/mol. The van der Waals surface area contributed by atoms with Gasteiger partial charge in [0.1, 0.15) is 0 Å². The van der Waals surface area contributed by atoms with Crippen LogP contribution < -0.4 is 11.1 Å². The normalized spacial score (nSPS) is 23.8. The predicted octanol–water partition coefficient (Wildman–Crippen LogP) is 0.884. The fourth-order valence-electron chi connectivity index (χ4n) is 2.90. The van der Waals surface area contributed by atoms with Crippen molar-refractivity contribution in [2.24, 2.45) is 11.7 Å². The van der Waals surface area contributed by atoms with Gasteiger partial charge in [-0.05, 0) is 31.4 Å². The van der Waals surface area contributed by atoms with Crippen molar-refractivity contribution in [2.75, 3.05) is 6.54 Å². The van der Waals surface area contributed by atoms with Crippen molar-refractivity contribution in [1.82, 2.24) is 15.5 Å². The molecule has 0 saturated heterocycles. The summed E-state index contributed by atoms with van der Waals surface area (Å²) in [4.78, 5) is 16.5. The van der Waals surface area contributed by atoms with Crippen molar-refractivity contribution in [1.29, 1.82) is 0 Å². The molecule has 4 N–H and O–H groups in total. The number of aromatic nitrogens is 2. The zero-order chi connectivity index (χ0) is 16.9. The summed E-state index contributed by atoms with van der Waals surface area (Å²) in [6, 6.07) is 9.32. The Bertz CT molecular complexity index is 673. The molecule has 1 aromatic heterocycles. The first-order valence-corrected chi connectivity index (χ1v) is 8.23. The fourth-order valence-corrected chi connectivity index (χ4v) is 2.90. The molecule has 128 valence electrons. The lowest BCUT2D eigenvalue weighted by Gasteiger charge is -2.29. The Hall–Kier alpha value is -2.25. The molecule has 0 unspecified atom stereocenters. The van der Waals surface area contributed by atoms with Crippen LogP contribution in [0.4, 0.5) is 0 Å². The van der Waals surface area contributed by atoms with E-state index >= 15 is 0 Å². The van der Waals surface area contributed by atoms with Crippen LogP contribution in [0.15, 0.2) is 34.9 Å². The second-order valence-corrected chi connectivity index (χ2v) is 6.16. The highest BCUT2D eigenvalue weighted by atomic mass is 16.5. The molecule has 1 aliphatic carbocycles. The van der Waals surface area contributed by atoms with Gasteiger partial charge in [-0.2, -0.15) is 4.98 Å². The Labute approximate surface area is 140 Å². The van der Waals surface area contributed by atoms with Gasteiger partial charge in [0.2, 0.25) is 5.91 Å². The Kier molecular flexibility index (Phi) is 5.22. The van der Waals surface area contributed by atoms with Crippen molar-refractivity contribution >= 4 is 5.91 Å². The minimum absolute atomic E-state index is 0.0484. The van der Waals surface area contributed by atoms with E-state index in [2.05, 4.69) is 15.5 Å². The van der Waals surface area contributed by atoms with Crippen LogP contribution in [0.2, 0.25) is 0 Å². The molecule has 2 aromatic rings. The summed E-state index contributed by atoms with van der Waals surface area (Å²) in [6.07, 6.45) is 1.71. The molecule has 1 amide bonds. The van der Waals surface area contributed by atoms with E-state index in [0.29, 0.717) is 43.9 Å². The molecule has 7 nitrogen and oxygen atoms in total.